The number of carbonyl (C=O) groups excluding carboxylic acids is 1. The van der Waals surface area contributed by atoms with Crippen LogP contribution in [0.5, 0.6) is 0 Å². The van der Waals surface area contributed by atoms with Crippen molar-refractivity contribution in [2.45, 2.75) is 38.4 Å². The molecule has 0 heterocycles. The van der Waals surface area contributed by atoms with Crippen LogP contribution >= 0.6 is 0 Å². The van der Waals surface area contributed by atoms with Crippen molar-refractivity contribution in [1.29, 1.82) is 0 Å². The zero-order valence-corrected chi connectivity index (χ0v) is 10.9. The van der Waals surface area contributed by atoms with Crippen LogP contribution in [0, 0.1) is 0 Å². The number of hydrogen-bond acceptors (Lipinski definition) is 4. The molecule has 0 aromatic carbocycles. The van der Waals surface area contributed by atoms with Gasteiger partial charge in [-0.25, -0.2) is 8.42 Å². The Bertz CT molecular complexity index is 363. The largest absolute Gasteiger partial charge is 0.481 e. The highest BCUT2D eigenvalue weighted by molar-refractivity contribution is 7.92. The van der Waals surface area contributed by atoms with Crippen molar-refractivity contribution in [3.63, 3.8) is 0 Å². The van der Waals surface area contributed by atoms with E-state index in [1.807, 2.05) is 6.92 Å². The molecular weight excluding hydrogens is 246 g/mol. The molecule has 2 N–H and O–H groups in total. The van der Waals surface area contributed by atoms with Gasteiger partial charge in [-0.05, 0) is 13.3 Å². The van der Waals surface area contributed by atoms with Crippen molar-refractivity contribution in [2.24, 2.45) is 0 Å². The summed E-state index contributed by atoms with van der Waals surface area (Å²) in [4.78, 5) is 21.8. The molecular formula is C10H19NO5S. The summed E-state index contributed by atoms with van der Waals surface area (Å²) in [6.07, 6.45) is 1.21. The Balaban J connectivity index is 4.31. The number of sulfone groups is 1. The number of amides is 1. The first-order chi connectivity index (χ1) is 7.81. The highest BCUT2D eigenvalue weighted by Crippen LogP contribution is 2.04. The van der Waals surface area contributed by atoms with Crippen LogP contribution in [0.2, 0.25) is 0 Å². The molecule has 1 atom stereocenters. The van der Waals surface area contributed by atoms with Crippen molar-refractivity contribution in [3.8, 4) is 0 Å². The third-order valence-corrected chi connectivity index (χ3v) is 4.40. The van der Waals surface area contributed by atoms with Gasteiger partial charge in [-0.15, -0.1) is 0 Å². The van der Waals surface area contributed by atoms with Gasteiger partial charge in [0.1, 0.15) is 5.25 Å². The molecule has 6 nitrogen and oxygen atoms in total. The van der Waals surface area contributed by atoms with E-state index in [1.165, 1.54) is 6.92 Å². The number of unbranched alkanes of at least 4 members (excludes halogenated alkanes) is 1. The van der Waals surface area contributed by atoms with Crippen LogP contribution in [0.3, 0.4) is 0 Å². The third kappa shape index (κ3) is 6.25. The van der Waals surface area contributed by atoms with Crippen LogP contribution in [0.25, 0.3) is 0 Å². The standard InChI is InChI=1S/C10H19NO5S/c1-3-4-6-11-10(14)8(2)17(15,16)7-5-9(12)13/h8H,3-7H2,1-2H3,(H,11,14)(H,12,13). The highest BCUT2D eigenvalue weighted by atomic mass is 32.2. The first-order valence-electron chi connectivity index (χ1n) is 5.52. The summed E-state index contributed by atoms with van der Waals surface area (Å²) in [7, 11) is -3.68. The zero-order chi connectivity index (χ0) is 13.5. The fourth-order valence-corrected chi connectivity index (χ4v) is 2.32. The second-order valence-electron chi connectivity index (χ2n) is 3.80. The molecule has 0 bridgehead atoms. The van der Waals surface area contributed by atoms with Crippen molar-refractivity contribution in [2.75, 3.05) is 12.3 Å². The Morgan fingerprint density at radius 3 is 2.41 bits per heavy atom. The highest BCUT2D eigenvalue weighted by Gasteiger charge is 2.27. The summed E-state index contributed by atoms with van der Waals surface area (Å²) in [5.74, 6) is -2.26. The van der Waals surface area contributed by atoms with Gasteiger partial charge in [0, 0.05) is 6.54 Å². The molecule has 0 spiro atoms. The number of aliphatic carboxylic acids is 1. The summed E-state index contributed by atoms with van der Waals surface area (Å²) in [5, 5.41) is 9.72. The van der Waals surface area contributed by atoms with Gasteiger partial charge in [0.2, 0.25) is 5.91 Å². The topological polar surface area (TPSA) is 101 Å². The van der Waals surface area contributed by atoms with E-state index in [0.717, 1.165) is 12.8 Å². The minimum atomic E-state index is -3.68. The van der Waals surface area contributed by atoms with Crippen LogP contribution in [-0.2, 0) is 19.4 Å². The van der Waals surface area contributed by atoms with Crippen molar-refractivity contribution in [3.05, 3.63) is 0 Å². The lowest BCUT2D eigenvalue weighted by Gasteiger charge is -2.12. The fourth-order valence-electron chi connectivity index (χ4n) is 1.10. The maximum atomic E-state index is 11.6. The summed E-state index contributed by atoms with van der Waals surface area (Å²) in [6, 6.07) is 0. The third-order valence-electron chi connectivity index (χ3n) is 2.34. The lowest BCUT2D eigenvalue weighted by molar-refractivity contribution is -0.136. The minimum absolute atomic E-state index is 0.439. The Hall–Kier alpha value is -1.11. The van der Waals surface area contributed by atoms with Crippen LogP contribution < -0.4 is 5.32 Å². The Morgan fingerprint density at radius 2 is 1.94 bits per heavy atom. The monoisotopic (exact) mass is 265 g/mol. The summed E-state index contributed by atoms with van der Waals surface area (Å²) in [6.45, 7) is 3.67. The van der Waals surface area contributed by atoms with Crippen molar-refractivity contribution < 1.29 is 23.1 Å². The van der Waals surface area contributed by atoms with Crippen LogP contribution in [-0.4, -0.2) is 42.9 Å². The molecule has 0 saturated carbocycles. The minimum Gasteiger partial charge on any atom is -0.481 e. The fraction of sp³-hybridized carbons (Fsp3) is 0.800. The molecule has 0 rings (SSSR count). The van der Waals surface area contributed by atoms with E-state index < -0.39 is 39.1 Å². The summed E-state index contributed by atoms with van der Waals surface area (Å²) in [5.41, 5.74) is 0. The quantitative estimate of drug-likeness (QED) is 0.610. The van der Waals surface area contributed by atoms with Gasteiger partial charge in [0.15, 0.2) is 9.84 Å². The molecule has 0 aliphatic carbocycles. The van der Waals surface area contributed by atoms with Gasteiger partial charge in [-0.2, -0.15) is 0 Å². The van der Waals surface area contributed by atoms with Gasteiger partial charge in [-0.3, -0.25) is 9.59 Å². The second kappa shape index (κ2) is 7.26. The predicted molar refractivity (Wildman–Crippen MR) is 63.4 cm³/mol. The molecule has 0 aromatic heterocycles. The van der Waals surface area contributed by atoms with Crippen molar-refractivity contribution >= 4 is 21.7 Å². The van der Waals surface area contributed by atoms with Crippen molar-refractivity contribution in [1.82, 2.24) is 5.32 Å². The maximum absolute atomic E-state index is 11.6. The zero-order valence-electron chi connectivity index (χ0n) is 10.1. The number of hydrogen-bond donors (Lipinski definition) is 2. The SMILES string of the molecule is CCCCNC(=O)C(C)S(=O)(=O)CCC(=O)O. The molecule has 17 heavy (non-hydrogen) atoms. The van der Waals surface area contributed by atoms with E-state index in [4.69, 9.17) is 5.11 Å². The molecule has 7 heteroatoms. The molecule has 0 saturated heterocycles. The Morgan fingerprint density at radius 1 is 1.35 bits per heavy atom. The lowest BCUT2D eigenvalue weighted by Crippen LogP contribution is -2.39. The maximum Gasteiger partial charge on any atom is 0.304 e. The van der Waals surface area contributed by atoms with Crippen LogP contribution in [0.15, 0.2) is 0 Å². The average Bonchev–Trinajstić information content (AvgIpc) is 2.25. The smallest absolute Gasteiger partial charge is 0.304 e. The number of rotatable bonds is 8. The molecule has 0 radical (unpaired) electrons. The van der Waals surface area contributed by atoms with Gasteiger partial charge in [0.05, 0.1) is 12.2 Å². The summed E-state index contributed by atoms with van der Waals surface area (Å²) < 4.78 is 23.2. The Labute approximate surface area is 101 Å². The molecule has 0 aromatic rings. The Kier molecular flexibility index (Phi) is 6.79. The molecule has 0 aliphatic rings. The molecule has 0 aliphatic heterocycles. The number of nitrogens with one attached hydrogen (secondary N) is 1. The first kappa shape index (κ1) is 15.9. The normalized spacial score (nSPS) is 13.1. The van der Waals surface area contributed by atoms with E-state index in [-0.39, 0.29) is 0 Å². The van der Waals surface area contributed by atoms with Gasteiger partial charge in [-0.1, -0.05) is 13.3 Å². The van der Waals surface area contributed by atoms with E-state index in [2.05, 4.69) is 5.32 Å². The molecule has 100 valence electrons. The van der Waals surface area contributed by atoms with Crippen LogP contribution in [0.4, 0.5) is 0 Å². The lowest BCUT2D eigenvalue weighted by atomic mass is 10.3. The number of carboxylic acid groups (broad SMARTS) is 1. The molecule has 1 amide bonds. The molecule has 1 unspecified atom stereocenters. The van der Waals surface area contributed by atoms with Crippen LogP contribution in [0.1, 0.15) is 33.1 Å². The average molecular weight is 265 g/mol. The van der Waals surface area contributed by atoms with Gasteiger partial charge < -0.3 is 10.4 Å². The summed E-state index contributed by atoms with van der Waals surface area (Å²) >= 11 is 0. The van der Waals surface area contributed by atoms with E-state index in [0.29, 0.717) is 6.54 Å². The number of carboxylic acids is 1. The van der Waals surface area contributed by atoms with Gasteiger partial charge in [0.25, 0.3) is 0 Å². The van der Waals surface area contributed by atoms with E-state index in [1.54, 1.807) is 0 Å². The van der Waals surface area contributed by atoms with E-state index in [9.17, 15) is 18.0 Å². The molecule has 0 fully saturated rings. The second-order valence-corrected chi connectivity index (χ2v) is 6.24. The van der Waals surface area contributed by atoms with Gasteiger partial charge >= 0.3 is 5.97 Å². The number of carbonyl (C=O) groups is 2. The predicted octanol–water partition coefficient (Wildman–Crippen LogP) is 0.181. The van der Waals surface area contributed by atoms with E-state index >= 15 is 0 Å². The first-order valence-corrected chi connectivity index (χ1v) is 7.24.